The van der Waals surface area contributed by atoms with Crippen LogP contribution < -0.4 is 14.5 Å². The molecule has 5 aromatic rings. The molecule has 1 aromatic heterocycles. The molecule has 0 fully saturated rings. The Balaban J connectivity index is 1.79. The van der Waals surface area contributed by atoms with E-state index in [1.54, 1.807) is 0 Å². The zero-order valence-corrected chi connectivity index (χ0v) is 21.6. The van der Waals surface area contributed by atoms with Crippen molar-refractivity contribution in [1.82, 2.24) is 0 Å². The molecule has 0 unspecified atom stereocenters. The molecule has 0 saturated carbocycles. The summed E-state index contributed by atoms with van der Waals surface area (Å²) in [7, 11) is 0.741. The summed E-state index contributed by atoms with van der Waals surface area (Å²) in [4.78, 5) is 0. The molecule has 2 nitrogen and oxygen atoms in total. The monoisotopic (exact) mass is 448 g/mol. The molecule has 0 aliphatic carbocycles. The summed E-state index contributed by atoms with van der Waals surface area (Å²) in [5, 5.41) is 9.16. The number of fused-ring (bicyclic) bond motifs is 5. The Morgan fingerprint density at radius 2 is 1.55 bits per heavy atom. The summed E-state index contributed by atoms with van der Waals surface area (Å²) in [6.07, 6.45) is 2.21. The molecule has 0 radical (unpaired) electrons. The zero-order valence-electron chi connectivity index (χ0n) is 20.6. The standard InChI is InChI=1S/C30H30NOSi/c1-17-8-11-22-19(3)30-27(18(2)24(22)14-17)29-28-23(12-13-31(29)4)25-16-21(33(5,6)7)10-9-20(25)15-26(28)32-30/h8-16H,1-7H3/q+1. The number of rotatable bonds is 1. The summed E-state index contributed by atoms with van der Waals surface area (Å²) in [6.45, 7) is 13.9. The molecule has 1 aliphatic rings. The van der Waals surface area contributed by atoms with Crippen molar-refractivity contribution in [2.45, 2.75) is 40.4 Å². The normalized spacial score (nSPS) is 12.9. The van der Waals surface area contributed by atoms with E-state index in [1.807, 2.05) is 0 Å². The van der Waals surface area contributed by atoms with Gasteiger partial charge in [0.2, 0.25) is 5.69 Å². The fourth-order valence-corrected chi connectivity index (χ4v) is 6.69. The lowest BCUT2D eigenvalue weighted by Gasteiger charge is -2.25. The predicted molar refractivity (Wildman–Crippen MR) is 143 cm³/mol. The van der Waals surface area contributed by atoms with Crippen molar-refractivity contribution in [1.29, 1.82) is 0 Å². The van der Waals surface area contributed by atoms with Crippen molar-refractivity contribution in [3.8, 4) is 22.8 Å². The van der Waals surface area contributed by atoms with E-state index in [0.29, 0.717) is 0 Å². The average molecular weight is 449 g/mol. The van der Waals surface area contributed by atoms with Crippen LogP contribution in [-0.4, -0.2) is 8.07 Å². The van der Waals surface area contributed by atoms with Gasteiger partial charge in [-0.2, -0.15) is 0 Å². The smallest absolute Gasteiger partial charge is 0.228 e. The number of hydrogen-bond acceptors (Lipinski definition) is 1. The van der Waals surface area contributed by atoms with Crippen LogP contribution in [0.5, 0.6) is 11.5 Å². The fraction of sp³-hybridized carbons (Fsp3) is 0.233. The second-order valence-corrected chi connectivity index (χ2v) is 15.8. The molecule has 33 heavy (non-hydrogen) atoms. The van der Waals surface area contributed by atoms with Gasteiger partial charge in [0.15, 0.2) is 6.20 Å². The Labute approximate surface area is 196 Å². The van der Waals surface area contributed by atoms with E-state index in [0.717, 1.165) is 11.5 Å². The Kier molecular flexibility index (Phi) is 4.13. The molecule has 0 spiro atoms. The van der Waals surface area contributed by atoms with Crippen LogP contribution in [0.3, 0.4) is 0 Å². The van der Waals surface area contributed by atoms with Gasteiger partial charge in [-0.3, -0.25) is 0 Å². The first-order chi connectivity index (χ1) is 15.6. The molecule has 0 amide bonds. The highest BCUT2D eigenvalue weighted by Gasteiger charge is 2.32. The lowest BCUT2D eigenvalue weighted by molar-refractivity contribution is -0.659. The largest absolute Gasteiger partial charge is 0.455 e. The maximum absolute atomic E-state index is 6.76. The van der Waals surface area contributed by atoms with Crippen LogP contribution in [0.1, 0.15) is 16.7 Å². The molecule has 1 aliphatic heterocycles. The fourth-order valence-electron chi connectivity index (χ4n) is 5.53. The van der Waals surface area contributed by atoms with Gasteiger partial charge in [0.25, 0.3) is 0 Å². The van der Waals surface area contributed by atoms with Gasteiger partial charge in [0.1, 0.15) is 18.5 Å². The molecule has 164 valence electrons. The SMILES string of the molecule is Cc1ccc2c(C)c3c(c(C)c2c1)-c1c2c(cc4ccc([Si](C)(C)C)cc4c2cc[n+]1C)O3. The molecule has 0 atom stereocenters. The van der Waals surface area contributed by atoms with Gasteiger partial charge < -0.3 is 4.74 Å². The van der Waals surface area contributed by atoms with Crippen LogP contribution >= 0.6 is 0 Å². The van der Waals surface area contributed by atoms with Gasteiger partial charge in [0, 0.05) is 17.0 Å². The number of ether oxygens (including phenoxy) is 1. The average Bonchev–Trinajstić information content (AvgIpc) is 2.77. The minimum Gasteiger partial charge on any atom is -0.455 e. The second kappa shape index (κ2) is 6.68. The first-order valence-corrected chi connectivity index (χ1v) is 15.3. The highest BCUT2D eigenvalue weighted by molar-refractivity contribution is 6.88. The molecular formula is C30H30NOSi+. The van der Waals surface area contributed by atoms with Gasteiger partial charge in [-0.15, -0.1) is 0 Å². The quantitative estimate of drug-likeness (QED) is 0.147. The summed E-state index contributed by atoms with van der Waals surface area (Å²) in [6, 6.07) is 18.3. The van der Waals surface area contributed by atoms with Crippen molar-refractivity contribution in [2.24, 2.45) is 7.05 Å². The Morgan fingerprint density at radius 1 is 0.758 bits per heavy atom. The zero-order chi connectivity index (χ0) is 23.2. The Bertz CT molecular complexity index is 1660. The topological polar surface area (TPSA) is 13.1 Å². The van der Waals surface area contributed by atoms with Crippen LogP contribution in [0, 0.1) is 20.8 Å². The van der Waals surface area contributed by atoms with Crippen LogP contribution in [-0.2, 0) is 7.05 Å². The Hall–Kier alpha value is -3.17. The molecular weight excluding hydrogens is 418 g/mol. The highest BCUT2D eigenvalue weighted by Crippen LogP contribution is 2.51. The van der Waals surface area contributed by atoms with Crippen molar-refractivity contribution >= 4 is 45.6 Å². The molecule has 0 bridgehead atoms. The van der Waals surface area contributed by atoms with Crippen molar-refractivity contribution < 1.29 is 9.30 Å². The van der Waals surface area contributed by atoms with Crippen LogP contribution in [0.2, 0.25) is 19.6 Å². The van der Waals surface area contributed by atoms with E-state index in [1.165, 1.54) is 65.5 Å². The number of hydrogen-bond donors (Lipinski definition) is 0. The summed E-state index contributed by atoms with van der Waals surface area (Å²) >= 11 is 0. The maximum Gasteiger partial charge on any atom is 0.228 e. The number of benzene rings is 4. The second-order valence-electron chi connectivity index (χ2n) is 10.7. The van der Waals surface area contributed by atoms with Crippen LogP contribution in [0.25, 0.3) is 43.6 Å². The summed E-state index contributed by atoms with van der Waals surface area (Å²) < 4.78 is 9.03. The number of aryl methyl sites for hydroxylation is 4. The number of aromatic nitrogens is 1. The van der Waals surface area contributed by atoms with Crippen LogP contribution in [0.4, 0.5) is 0 Å². The van der Waals surface area contributed by atoms with E-state index >= 15 is 0 Å². The van der Waals surface area contributed by atoms with E-state index in [2.05, 4.69) is 107 Å². The molecule has 4 aromatic carbocycles. The molecule has 2 heterocycles. The van der Waals surface area contributed by atoms with Gasteiger partial charge in [-0.25, -0.2) is 4.57 Å². The van der Waals surface area contributed by atoms with Gasteiger partial charge in [-0.1, -0.05) is 66.8 Å². The summed E-state index contributed by atoms with van der Waals surface area (Å²) in [5.41, 5.74) is 6.27. The number of nitrogens with zero attached hydrogens (tertiary/aromatic N) is 1. The predicted octanol–water partition coefficient (Wildman–Crippen LogP) is 7.21. The molecule has 0 saturated heterocycles. The minimum absolute atomic E-state index is 0.964. The van der Waals surface area contributed by atoms with Crippen molar-refractivity contribution in [3.05, 3.63) is 71.4 Å². The lowest BCUT2D eigenvalue weighted by atomic mass is 9.88. The first kappa shape index (κ1) is 20.4. The maximum atomic E-state index is 6.76. The van der Waals surface area contributed by atoms with Gasteiger partial charge in [0.05, 0.1) is 19.0 Å². The molecule has 0 N–H and O–H groups in total. The van der Waals surface area contributed by atoms with Gasteiger partial charge in [-0.05, 0) is 53.9 Å². The highest BCUT2D eigenvalue weighted by atomic mass is 28.3. The van der Waals surface area contributed by atoms with E-state index < -0.39 is 8.07 Å². The van der Waals surface area contributed by atoms with E-state index in [9.17, 15) is 0 Å². The lowest BCUT2D eigenvalue weighted by Crippen LogP contribution is -2.37. The molecule has 6 rings (SSSR count). The first-order valence-electron chi connectivity index (χ1n) is 11.8. The van der Waals surface area contributed by atoms with Crippen molar-refractivity contribution in [3.63, 3.8) is 0 Å². The van der Waals surface area contributed by atoms with Crippen molar-refractivity contribution in [2.75, 3.05) is 0 Å². The third kappa shape index (κ3) is 2.82. The molecule has 3 heteroatoms. The van der Waals surface area contributed by atoms with E-state index in [4.69, 9.17) is 4.74 Å². The van der Waals surface area contributed by atoms with Gasteiger partial charge >= 0.3 is 0 Å². The third-order valence-electron chi connectivity index (χ3n) is 7.44. The van der Waals surface area contributed by atoms with E-state index in [-0.39, 0.29) is 0 Å². The third-order valence-corrected chi connectivity index (χ3v) is 9.48. The van der Waals surface area contributed by atoms with Crippen LogP contribution in [0.15, 0.2) is 54.7 Å². The number of pyridine rings is 1. The minimum atomic E-state index is -1.42. The Morgan fingerprint density at radius 3 is 2.30 bits per heavy atom. The summed E-state index contributed by atoms with van der Waals surface area (Å²) in [5.74, 6) is 1.96.